The molecule has 0 bridgehead atoms. The first-order chi connectivity index (χ1) is 9.24. The molecule has 0 spiro atoms. The maximum absolute atomic E-state index is 5.61. The summed E-state index contributed by atoms with van der Waals surface area (Å²) in [7, 11) is 0. The number of hydrogen-bond donors (Lipinski definition) is 1. The molecule has 2 nitrogen and oxygen atoms in total. The van der Waals surface area contributed by atoms with Crippen molar-refractivity contribution in [2.24, 2.45) is 0 Å². The average molecular weight is 279 g/mol. The Labute approximate surface area is 121 Å². The molecule has 1 fully saturated rings. The van der Waals surface area contributed by atoms with Gasteiger partial charge in [0.05, 0.1) is 6.10 Å². The van der Waals surface area contributed by atoms with Gasteiger partial charge in [0.25, 0.3) is 0 Å². The Morgan fingerprint density at radius 1 is 1.47 bits per heavy atom. The van der Waals surface area contributed by atoms with E-state index in [-0.39, 0.29) is 0 Å². The van der Waals surface area contributed by atoms with Gasteiger partial charge in [0.2, 0.25) is 0 Å². The Hall–Kier alpha value is -0.510. The molecular formula is C16H25NOS. The number of hydrogen-bond acceptors (Lipinski definition) is 3. The van der Waals surface area contributed by atoms with Crippen LogP contribution in [0.3, 0.4) is 0 Å². The third kappa shape index (κ3) is 5.55. The fourth-order valence-electron chi connectivity index (χ4n) is 2.35. The summed E-state index contributed by atoms with van der Waals surface area (Å²) in [6.45, 7) is 7.47. The SMILES string of the molecule is Cc1cccc(CSC(C)CNCC2CCCO2)c1. The van der Waals surface area contributed by atoms with E-state index in [1.54, 1.807) is 0 Å². The van der Waals surface area contributed by atoms with E-state index in [1.807, 2.05) is 11.8 Å². The lowest BCUT2D eigenvalue weighted by atomic mass is 10.2. The van der Waals surface area contributed by atoms with Gasteiger partial charge >= 0.3 is 0 Å². The first-order valence-corrected chi connectivity index (χ1v) is 8.28. The van der Waals surface area contributed by atoms with Gasteiger partial charge in [0, 0.05) is 30.7 Å². The van der Waals surface area contributed by atoms with E-state index in [0.29, 0.717) is 11.4 Å². The van der Waals surface area contributed by atoms with Gasteiger partial charge in [0.15, 0.2) is 0 Å². The molecule has 1 aromatic carbocycles. The van der Waals surface area contributed by atoms with Crippen LogP contribution in [0.2, 0.25) is 0 Å². The summed E-state index contributed by atoms with van der Waals surface area (Å²) < 4.78 is 5.61. The Bertz CT molecular complexity index is 377. The van der Waals surface area contributed by atoms with Crippen molar-refractivity contribution in [2.75, 3.05) is 19.7 Å². The van der Waals surface area contributed by atoms with Gasteiger partial charge in [0.1, 0.15) is 0 Å². The van der Waals surface area contributed by atoms with Gasteiger partial charge in [-0.25, -0.2) is 0 Å². The highest BCUT2D eigenvalue weighted by atomic mass is 32.2. The van der Waals surface area contributed by atoms with Gasteiger partial charge in [-0.1, -0.05) is 36.8 Å². The number of aryl methyl sites for hydroxylation is 1. The number of benzene rings is 1. The average Bonchev–Trinajstić information content (AvgIpc) is 2.90. The molecule has 0 saturated carbocycles. The molecule has 0 aliphatic carbocycles. The van der Waals surface area contributed by atoms with Gasteiger partial charge in [-0.05, 0) is 25.3 Å². The minimum atomic E-state index is 0.453. The zero-order valence-corrected chi connectivity index (χ0v) is 12.8. The van der Waals surface area contributed by atoms with E-state index in [4.69, 9.17) is 4.74 Å². The minimum Gasteiger partial charge on any atom is -0.377 e. The van der Waals surface area contributed by atoms with E-state index in [0.717, 1.165) is 25.4 Å². The molecule has 1 saturated heterocycles. The lowest BCUT2D eigenvalue weighted by Gasteiger charge is -2.15. The highest BCUT2D eigenvalue weighted by Gasteiger charge is 2.14. The van der Waals surface area contributed by atoms with E-state index in [2.05, 4.69) is 43.4 Å². The van der Waals surface area contributed by atoms with Crippen LogP contribution in [-0.4, -0.2) is 31.1 Å². The third-order valence-electron chi connectivity index (χ3n) is 3.44. The summed E-state index contributed by atoms with van der Waals surface area (Å²) in [5.41, 5.74) is 2.78. The van der Waals surface area contributed by atoms with Gasteiger partial charge < -0.3 is 10.1 Å². The third-order valence-corrected chi connectivity index (χ3v) is 4.68. The zero-order valence-electron chi connectivity index (χ0n) is 12.0. The molecule has 2 atom stereocenters. The largest absolute Gasteiger partial charge is 0.377 e. The van der Waals surface area contributed by atoms with Crippen LogP contribution in [0.15, 0.2) is 24.3 Å². The lowest BCUT2D eigenvalue weighted by molar-refractivity contribution is 0.110. The van der Waals surface area contributed by atoms with Crippen molar-refractivity contribution in [3.05, 3.63) is 35.4 Å². The van der Waals surface area contributed by atoms with Crippen LogP contribution in [0.25, 0.3) is 0 Å². The highest BCUT2D eigenvalue weighted by Crippen LogP contribution is 2.18. The second-order valence-electron chi connectivity index (χ2n) is 5.40. The van der Waals surface area contributed by atoms with Crippen molar-refractivity contribution in [3.63, 3.8) is 0 Å². The second kappa shape index (κ2) is 7.93. The summed E-state index contributed by atoms with van der Waals surface area (Å²) >= 11 is 2.02. The van der Waals surface area contributed by atoms with Crippen LogP contribution in [0.4, 0.5) is 0 Å². The standard InChI is InChI=1S/C16H25NOS/c1-13-5-3-6-15(9-13)12-19-14(2)10-17-11-16-7-4-8-18-16/h3,5-6,9,14,16-17H,4,7-8,10-12H2,1-2H3. The molecular weight excluding hydrogens is 254 g/mol. The van der Waals surface area contributed by atoms with E-state index in [9.17, 15) is 0 Å². The molecule has 19 heavy (non-hydrogen) atoms. The quantitative estimate of drug-likeness (QED) is 0.826. The molecule has 0 aromatic heterocycles. The maximum atomic E-state index is 5.61. The predicted molar refractivity (Wildman–Crippen MR) is 83.8 cm³/mol. The lowest BCUT2D eigenvalue weighted by Crippen LogP contribution is -2.30. The smallest absolute Gasteiger partial charge is 0.0700 e. The summed E-state index contributed by atoms with van der Waals surface area (Å²) in [5, 5.41) is 4.17. The molecule has 1 aliphatic rings. The number of thioether (sulfide) groups is 1. The van der Waals surface area contributed by atoms with E-state index >= 15 is 0 Å². The molecule has 2 unspecified atom stereocenters. The Balaban J connectivity index is 1.60. The normalized spacial score (nSPS) is 20.6. The summed E-state index contributed by atoms with van der Waals surface area (Å²) in [6, 6.07) is 8.79. The zero-order chi connectivity index (χ0) is 13.5. The van der Waals surface area contributed by atoms with Crippen LogP contribution in [0.5, 0.6) is 0 Å². The van der Waals surface area contributed by atoms with Crippen molar-refractivity contribution >= 4 is 11.8 Å². The fourth-order valence-corrected chi connectivity index (χ4v) is 3.24. The highest BCUT2D eigenvalue weighted by molar-refractivity contribution is 7.99. The molecule has 1 aromatic rings. The monoisotopic (exact) mass is 279 g/mol. The summed E-state index contributed by atoms with van der Waals surface area (Å²) in [6.07, 6.45) is 2.90. The van der Waals surface area contributed by atoms with E-state index in [1.165, 1.54) is 24.0 Å². The minimum absolute atomic E-state index is 0.453. The molecule has 1 heterocycles. The fraction of sp³-hybridized carbons (Fsp3) is 0.625. The molecule has 0 radical (unpaired) electrons. The number of rotatable bonds is 7. The first kappa shape index (κ1) is 14.9. The molecule has 106 valence electrons. The molecule has 1 N–H and O–H groups in total. The van der Waals surface area contributed by atoms with Crippen molar-refractivity contribution < 1.29 is 4.74 Å². The summed E-state index contributed by atoms with van der Waals surface area (Å²) in [4.78, 5) is 0. The van der Waals surface area contributed by atoms with Crippen molar-refractivity contribution in [3.8, 4) is 0 Å². The number of nitrogens with one attached hydrogen (secondary N) is 1. The van der Waals surface area contributed by atoms with Crippen LogP contribution in [0.1, 0.15) is 30.9 Å². The van der Waals surface area contributed by atoms with E-state index < -0.39 is 0 Å². The van der Waals surface area contributed by atoms with Crippen LogP contribution in [0, 0.1) is 6.92 Å². The number of ether oxygens (including phenoxy) is 1. The second-order valence-corrected chi connectivity index (χ2v) is 6.83. The van der Waals surface area contributed by atoms with Crippen LogP contribution >= 0.6 is 11.8 Å². The van der Waals surface area contributed by atoms with Crippen LogP contribution < -0.4 is 5.32 Å². The maximum Gasteiger partial charge on any atom is 0.0700 e. The predicted octanol–water partition coefficient (Wildman–Crippen LogP) is 3.39. The van der Waals surface area contributed by atoms with Crippen molar-refractivity contribution in [1.82, 2.24) is 5.32 Å². The molecule has 1 aliphatic heterocycles. The first-order valence-electron chi connectivity index (χ1n) is 7.23. The summed E-state index contributed by atoms with van der Waals surface area (Å²) in [5.74, 6) is 1.10. The van der Waals surface area contributed by atoms with Gasteiger partial charge in [-0.3, -0.25) is 0 Å². The van der Waals surface area contributed by atoms with Crippen molar-refractivity contribution in [1.29, 1.82) is 0 Å². The molecule has 0 amide bonds. The van der Waals surface area contributed by atoms with Gasteiger partial charge in [-0.2, -0.15) is 11.8 Å². The molecule has 3 heteroatoms. The topological polar surface area (TPSA) is 21.3 Å². The van der Waals surface area contributed by atoms with Gasteiger partial charge in [-0.15, -0.1) is 0 Å². The Kier molecular flexibility index (Phi) is 6.21. The Morgan fingerprint density at radius 2 is 2.37 bits per heavy atom. The Morgan fingerprint density at radius 3 is 3.11 bits per heavy atom. The van der Waals surface area contributed by atoms with Crippen LogP contribution in [-0.2, 0) is 10.5 Å². The van der Waals surface area contributed by atoms with Crippen molar-refractivity contribution in [2.45, 2.75) is 43.8 Å². The molecule has 2 rings (SSSR count).